The number of aliphatic hydroxyl groups excluding tert-OH is 1. The van der Waals surface area contributed by atoms with Crippen LogP contribution in [0.1, 0.15) is 24.5 Å². The molecule has 0 bridgehead atoms. The van der Waals surface area contributed by atoms with Crippen molar-refractivity contribution in [3.8, 4) is 5.75 Å². The Hall–Kier alpha value is -1.10. The fraction of sp³-hybridized carbons (Fsp3) is 0.571. The van der Waals surface area contributed by atoms with Gasteiger partial charge in [-0.3, -0.25) is 0 Å². The summed E-state index contributed by atoms with van der Waals surface area (Å²) < 4.78 is 16.2. The molecule has 1 aromatic carbocycles. The first-order valence-corrected chi connectivity index (χ1v) is 6.31. The molecular weight excluding hydrogens is 232 g/mol. The van der Waals surface area contributed by atoms with Gasteiger partial charge in [-0.15, -0.1) is 0 Å². The summed E-state index contributed by atoms with van der Waals surface area (Å²) in [6.07, 6.45) is 1.67. The Balaban J connectivity index is 1.81. The zero-order chi connectivity index (χ0) is 12.8. The Bertz CT molecular complexity index is 361. The summed E-state index contributed by atoms with van der Waals surface area (Å²) in [5, 5.41) is 10.1. The van der Waals surface area contributed by atoms with E-state index in [4.69, 9.17) is 14.2 Å². The van der Waals surface area contributed by atoms with Gasteiger partial charge in [0.05, 0.1) is 26.4 Å². The number of benzene rings is 1. The average molecular weight is 252 g/mol. The molecule has 100 valence electrons. The predicted molar refractivity (Wildman–Crippen MR) is 67.7 cm³/mol. The maximum Gasteiger partial charge on any atom is 0.124 e. The third-order valence-corrected chi connectivity index (χ3v) is 3.10. The summed E-state index contributed by atoms with van der Waals surface area (Å²) in [7, 11) is 1.60. The van der Waals surface area contributed by atoms with E-state index in [0.29, 0.717) is 12.4 Å². The van der Waals surface area contributed by atoms with Gasteiger partial charge in [0.1, 0.15) is 11.9 Å². The highest BCUT2D eigenvalue weighted by molar-refractivity contribution is 5.34. The van der Waals surface area contributed by atoms with Crippen LogP contribution in [0.15, 0.2) is 24.3 Å². The molecule has 1 N–H and O–H groups in total. The fourth-order valence-corrected chi connectivity index (χ4v) is 2.12. The van der Waals surface area contributed by atoms with Crippen molar-refractivity contribution >= 4 is 0 Å². The van der Waals surface area contributed by atoms with Gasteiger partial charge in [0.15, 0.2) is 0 Å². The SMILES string of the molecule is COc1ccccc1C(O)COCC1CCCO1. The molecule has 1 aliphatic rings. The van der Waals surface area contributed by atoms with Gasteiger partial charge < -0.3 is 19.3 Å². The van der Waals surface area contributed by atoms with Crippen LogP contribution in [0.4, 0.5) is 0 Å². The third-order valence-electron chi connectivity index (χ3n) is 3.10. The van der Waals surface area contributed by atoms with Crippen molar-refractivity contribution in [2.24, 2.45) is 0 Å². The third kappa shape index (κ3) is 3.45. The first kappa shape index (κ1) is 13.3. The predicted octanol–water partition coefficient (Wildman–Crippen LogP) is 1.92. The number of rotatable bonds is 6. The van der Waals surface area contributed by atoms with Gasteiger partial charge >= 0.3 is 0 Å². The second-order valence-corrected chi connectivity index (χ2v) is 4.43. The standard InChI is InChI=1S/C14H20O4/c1-16-14-7-3-2-6-12(14)13(15)10-17-9-11-5-4-8-18-11/h2-3,6-7,11,13,15H,4-5,8-10H2,1H3. The molecule has 0 radical (unpaired) electrons. The summed E-state index contributed by atoms with van der Waals surface area (Å²) in [4.78, 5) is 0. The van der Waals surface area contributed by atoms with Crippen molar-refractivity contribution in [1.29, 1.82) is 0 Å². The normalized spacial score (nSPS) is 20.9. The molecule has 1 aliphatic heterocycles. The van der Waals surface area contributed by atoms with E-state index in [1.807, 2.05) is 24.3 Å². The number of ether oxygens (including phenoxy) is 3. The van der Waals surface area contributed by atoms with E-state index < -0.39 is 6.10 Å². The molecule has 0 amide bonds. The van der Waals surface area contributed by atoms with E-state index in [0.717, 1.165) is 25.0 Å². The minimum atomic E-state index is -0.664. The Morgan fingerprint density at radius 1 is 1.44 bits per heavy atom. The Kier molecular flexibility index (Phi) is 4.99. The quantitative estimate of drug-likeness (QED) is 0.840. The maximum absolute atomic E-state index is 10.1. The van der Waals surface area contributed by atoms with Crippen molar-refractivity contribution < 1.29 is 19.3 Å². The van der Waals surface area contributed by atoms with Crippen LogP contribution in [0, 0.1) is 0 Å². The van der Waals surface area contributed by atoms with E-state index in [1.165, 1.54) is 0 Å². The lowest BCUT2D eigenvalue weighted by Gasteiger charge is -2.16. The van der Waals surface area contributed by atoms with Gasteiger partial charge in [-0.25, -0.2) is 0 Å². The topological polar surface area (TPSA) is 47.9 Å². The number of hydrogen-bond donors (Lipinski definition) is 1. The van der Waals surface area contributed by atoms with Crippen LogP contribution >= 0.6 is 0 Å². The van der Waals surface area contributed by atoms with Crippen LogP contribution in [-0.2, 0) is 9.47 Å². The minimum absolute atomic E-state index is 0.190. The van der Waals surface area contributed by atoms with Crippen molar-refractivity contribution in [2.45, 2.75) is 25.0 Å². The van der Waals surface area contributed by atoms with Crippen molar-refractivity contribution in [1.82, 2.24) is 0 Å². The van der Waals surface area contributed by atoms with E-state index >= 15 is 0 Å². The molecule has 0 spiro atoms. The first-order valence-electron chi connectivity index (χ1n) is 6.31. The smallest absolute Gasteiger partial charge is 0.124 e. The number of methoxy groups -OCH3 is 1. The lowest BCUT2D eigenvalue weighted by atomic mass is 10.1. The molecule has 4 nitrogen and oxygen atoms in total. The van der Waals surface area contributed by atoms with Crippen LogP contribution in [0.25, 0.3) is 0 Å². The molecule has 2 atom stereocenters. The van der Waals surface area contributed by atoms with E-state index in [-0.39, 0.29) is 12.7 Å². The van der Waals surface area contributed by atoms with Gasteiger partial charge in [0, 0.05) is 12.2 Å². The Morgan fingerprint density at radius 2 is 2.28 bits per heavy atom. The second-order valence-electron chi connectivity index (χ2n) is 4.43. The molecular formula is C14H20O4. The van der Waals surface area contributed by atoms with Gasteiger partial charge in [-0.2, -0.15) is 0 Å². The zero-order valence-electron chi connectivity index (χ0n) is 10.7. The van der Waals surface area contributed by atoms with Crippen molar-refractivity contribution in [3.05, 3.63) is 29.8 Å². The Morgan fingerprint density at radius 3 is 3.00 bits per heavy atom. The summed E-state index contributed by atoms with van der Waals surface area (Å²) in [6, 6.07) is 7.43. The fourth-order valence-electron chi connectivity index (χ4n) is 2.12. The van der Waals surface area contributed by atoms with Gasteiger partial charge in [-0.05, 0) is 18.9 Å². The molecule has 18 heavy (non-hydrogen) atoms. The largest absolute Gasteiger partial charge is 0.496 e. The highest BCUT2D eigenvalue weighted by atomic mass is 16.5. The molecule has 4 heteroatoms. The first-order chi connectivity index (χ1) is 8.81. The highest BCUT2D eigenvalue weighted by Crippen LogP contribution is 2.25. The molecule has 1 aromatic rings. The summed E-state index contributed by atoms with van der Waals surface area (Å²) in [5.41, 5.74) is 0.757. The summed E-state index contributed by atoms with van der Waals surface area (Å²) in [6.45, 7) is 1.63. The monoisotopic (exact) mass is 252 g/mol. The summed E-state index contributed by atoms with van der Waals surface area (Å²) >= 11 is 0. The number of aliphatic hydroxyl groups is 1. The van der Waals surface area contributed by atoms with Crippen molar-refractivity contribution in [2.75, 3.05) is 26.9 Å². The number of para-hydroxylation sites is 1. The average Bonchev–Trinajstić information content (AvgIpc) is 2.91. The highest BCUT2D eigenvalue weighted by Gasteiger charge is 2.17. The zero-order valence-corrected chi connectivity index (χ0v) is 10.7. The maximum atomic E-state index is 10.1. The van der Waals surface area contributed by atoms with Gasteiger partial charge in [0.25, 0.3) is 0 Å². The number of hydrogen-bond acceptors (Lipinski definition) is 4. The summed E-state index contributed by atoms with van der Waals surface area (Å²) in [5.74, 6) is 0.686. The molecule has 0 saturated carbocycles. The molecule has 2 unspecified atom stereocenters. The molecule has 0 aliphatic carbocycles. The molecule has 1 fully saturated rings. The van der Waals surface area contributed by atoms with Crippen LogP contribution in [0.3, 0.4) is 0 Å². The van der Waals surface area contributed by atoms with Crippen LogP contribution < -0.4 is 4.74 Å². The molecule has 1 saturated heterocycles. The minimum Gasteiger partial charge on any atom is -0.496 e. The van der Waals surface area contributed by atoms with Gasteiger partial charge in [-0.1, -0.05) is 18.2 Å². The Labute approximate surface area is 107 Å². The molecule has 1 heterocycles. The van der Waals surface area contributed by atoms with Gasteiger partial charge in [0.2, 0.25) is 0 Å². The molecule has 0 aromatic heterocycles. The van der Waals surface area contributed by atoms with Crippen LogP contribution in [0.2, 0.25) is 0 Å². The van der Waals surface area contributed by atoms with E-state index in [1.54, 1.807) is 7.11 Å². The lowest BCUT2D eigenvalue weighted by molar-refractivity contribution is -0.0180. The lowest BCUT2D eigenvalue weighted by Crippen LogP contribution is -2.17. The second kappa shape index (κ2) is 6.73. The van der Waals surface area contributed by atoms with E-state index in [2.05, 4.69) is 0 Å². The van der Waals surface area contributed by atoms with E-state index in [9.17, 15) is 5.11 Å². The molecule has 2 rings (SSSR count). The van der Waals surface area contributed by atoms with Crippen LogP contribution in [-0.4, -0.2) is 38.1 Å². The van der Waals surface area contributed by atoms with Crippen LogP contribution in [0.5, 0.6) is 5.75 Å². The van der Waals surface area contributed by atoms with Crippen molar-refractivity contribution in [3.63, 3.8) is 0 Å².